The predicted octanol–water partition coefficient (Wildman–Crippen LogP) is 6.12. The van der Waals surface area contributed by atoms with Crippen molar-refractivity contribution in [3.8, 4) is 40.2 Å². The van der Waals surface area contributed by atoms with Gasteiger partial charge in [0.25, 0.3) is 0 Å². The zero-order valence-corrected chi connectivity index (χ0v) is 24.9. The summed E-state index contributed by atoms with van der Waals surface area (Å²) in [6, 6.07) is 26.9. The van der Waals surface area contributed by atoms with Crippen molar-refractivity contribution in [3.63, 3.8) is 0 Å². The molecule has 1 unspecified atom stereocenters. The van der Waals surface area contributed by atoms with E-state index in [1.807, 2.05) is 48.5 Å². The first-order chi connectivity index (χ1) is 21.9. The van der Waals surface area contributed by atoms with Crippen LogP contribution in [-0.2, 0) is 24.6 Å². The van der Waals surface area contributed by atoms with Crippen LogP contribution in [0.15, 0.2) is 83.9 Å². The number of carboxylic acid groups (broad SMARTS) is 1. The summed E-state index contributed by atoms with van der Waals surface area (Å²) in [5.41, 5.74) is 6.37. The number of benzene rings is 4. The maximum absolute atomic E-state index is 11.1. The van der Waals surface area contributed by atoms with Crippen molar-refractivity contribution in [1.82, 2.24) is 0 Å². The normalized spacial score (nSPS) is 12.8. The third-order valence-corrected chi connectivity index (χ3v) is 7.43. The number of aliphatic carboxylic acids is 1. The van der Waals surface area contributed by atoms with Gasteiger partial charge in [0.2, 0.25) is 0 Å². The summed E-state index contributed by atoms with van der Waals surface area (Å²) in [4.78, 5) is 15.4. The lowest BCUT2D eigenvalue weighted by atomic mass is 9.96. The Balaban J connectivity index is 1.33. The molecule has 4 aromatic rings. The van der Waals surface area contributed by atoms with Crippen LogP contribution in [0.2, 0.25) is 0 Å². The fourth-order valence-electron chi connectivity index (χ4n) is 4.99. The molecule has 230 valence electrons. The lowest BCUT2D eigenvalue weighted by Crippen LogP contribution is -2.15. The van der Waals surface area contributed by atoms with E-state index < -0.39 is 11.9 Å². The number of carbonyl (C=O) groups is 1. The van der Waals surface area contributed by atoms with Gasteiger partial charge in [0.05, 0.1) is 31.2 Å². The molecule has 0 radical (unpaired) electrons. The molecule has 5 rings (SSSR count). The number of nitriles is 1. The van der Waals surface area contributed by atoms with E-state index in [4.69, 9.17) is 24.1 Å². The number of fused-ring (bicyclic) bond motifs is 1. The molecule has 0 fully saturated rings. The lowest BCUT2D eigenvalue weighted by Gasteiger charge is -2.20. The zero-order chi connectivity index (χ0) is 31.6. The first kappa shape index (κ1) is 31.1. The van der Waals surface area contributed by atoms with Crippen molar-refractivity contribution < 1.29 is 34.0 Å². The summed E-state index contributed by atoms with van der Waals surface area (Å²) in [5, 5.41) is 27.8. The molecule has 2 N–H and O–H groups in total. The van der Waals surface area contributed by atoms with E-state index in [9.17, 15) is 15.2 Å². The minimum atomic E-state index is -1.00. The molecule has 0 saturated heterocycles. The van der Waals surface area contributed by atoms with Crippen LogP contribution in [0.25, 0.3) is 11.1 Å². The third-order valence-electron chi connectivity index (χ3n) is 7.43. The molecule has 0 aromatic heterocycles. The van der Waals surface area contributed by atoms with Crippen molar-refractivity contribution in [2.75, 3.05) is 19.8 Å². The zero-order valence-electron chi connectivity index (χ0n) is 24.9. The van der Waals surface area contributed by atoms with Gasteiger partial charge in [-0.25, -0.2) is 0 Å². The van der Waals surface area contributed by atoms with Gasteiger partial charge in [-0.1, -0.05) is 36.4 Å². The van der Waals surface area contributed by atoms with Gasteiger partial charge in [0.15, 0.2) is 11.5 Å². The van der Waals surface area contributed by atoms with Crippen molar-refractivity contribution in [1.29, 1.82) is 5.26 Å². The molecule has 1 atom stereocenters. The van der Waals surface area contributed by atoms with Crippen LogP contribution < -0.4 is 18.9 Å². The highest BCUT2D eigenvalue weighted by Crippen LogP contribution is 2.36. The topological polar surface area (TPSA) is 131 Å². The summed E-state index contributed by atoms with van der Waals surface area (Å²) in [6.45, 7) is 3.62. The number of aliphatic hydroxyl groups excluding tert-OH is 1. The minimum absolute atomic E-state index is 0.208. The van der Waals surface area contributed by atoms with Crippen molar-refractivity contribution in [2.24, 2.45) is 10.9 Å². The number of hydrogen-bond donors (Lipinski definition) is 2. The predicted molar refractivity (Wildman–Crippen MR) is 169 cm³/mol. The van der Waals surface area contributed by atoms with Crippen LogP contribution in [0.3, 0.4) is 0 Å². The molecule has 1 aliphatic rings. The Morgan fingerprint density at radius 1 is 0.978 bits per heavy atom. The van der Waals surface area contributed by atoms with E-state index in [0.29, 0.717) is 36.9 Å². The summed E-state index contributed by atoms with van der Waals surface area (Å²) in [7, 11) is 0. The Kier molecular flexibility index (Phi) is 10.3. The van der Waals surface area contributed by atoms with Gasteiger partial charge in [-0.2, -0.15) is 5.26 Å². The Morgan fingerprint density at radius 3 is 2.60 bits per heavy atom. The molecule has 0 aliphatic carbocycles. The first-order valence-corrected chi connectivity index (χ1v) is 14.6. The minimum Gasteiger partial charge on any atom is -0.489 e. The van der Waals surface area contributed by atoms with Gasteiger partial charge in [0.1, 0.15) is 37.9 Å². The quantitative estimate of drug-likeness (QED) is 0.174. The van der Waals surface area contributed by atoms with Crippen LogP contribution in [0.4, 0.5) is 0 Å². The molecule has 9 nitrogen and oxygen atoms in total. The number of nitrogens with zero attached hydrogens (tertiary/aromatic N) is 2. The summed E-state index contributed by atoms with van der Waals surface area (Å²) >= 11 is 0. The SMILES string of the molecule is Cc1c(COc2ccc(CN=CC(CO)CC(=O)O)c(OCc3cccc(C#N)c3)c2)cccc1-c1ccc2c(c1)OCCO2. The number of rotatable bonds is 13. The van der Waals surface area contributed by atoms with Crippen molar-refractivity contribution in [3.05, 3.63) is 107 Å². The number of carboxylic acids is 1. The highest BCUT2D eigenvalue weighted by Gasteiger charge is 2.15. The molecule has 0 amide bonds. The highest BCUT2D eigenvalue weighted by atomic mass is 16.6. The molecule has 0 spiro atoms. The van der Waals surface area contributed by atoms with E-state index >= 15 is 0 Å². The Bertz CT molecular complexity index is 1730. The summed E-state index contributed by atoms with van der Waals surface area (Å²) in [6.07, 6.45) is 1.26. The van der Waals surface area contributed by atoms with E-state index in [-0.39, 0.29) is 26.2 Å². The molecule has 9 heteroatoms. The first-order valence-electron chi connectivity index (χ1n) is 14.6. The van der Waals surface area contributed by atoms with E-state index in [0.717, 1.165) is 44.9 Å². The average Bonchev–Trinajstić information content (AvgIpc) is 3.06. The molecule has 0 saturated carbocycles. The lowest BCUT2D eigenvalue weighted by molar-refractivity contribution is -0.137. The smallest absolute Gasteiger partial charge is 0.304 e. The van der Waals surface area contributed by atoms with Crippen LogP contribution in [0.1, 0.15) is 34.2 Å². The maximum Gasteiger partial charge on any atom is 0.304 e. The van der Waals surface area contributed by atoms with Gasteiger partial charge in [0, 0.05) is 23.8 Å². The fourth-order valence-corrected chi connectivity index (χ4v) is 4.99. The molecule has 0 bridgehead atoms. The van der Waals surface area contributed by atoms with E-state index in [1.54, 1.807) is 24.3 Å². The summed E-state index contributed by atoms with van der Waals surface area (Å²) < 4.78 is 23.9. The maximum atomic E-state index is 11.1. The second-order valence-corrected chi connectivity index (χ2v) is 10.6. The van der Waals surface area contributed by atoms with Crippen LogP contribution in [0, 0.1) is 24.2 Å². The largest absolute Gasteiger partial charge is 0.489 e. The standard InChI is InChI=1S/C36H34N2O7/c1-24-30(6-3-7-32(24)28-9-11-33-35(16-28)43-13-12-42-33)23-44-31-10-8-29(20-38-19-27(21-39)15-36(40)41)34(17-31)45-22-26-5-2-4-25(14-26)18-37/h2-11,14,16-17,19,27,39H,12-13,15,20-23H2,1H3,(H,40,41). The van der Waals surface area contributed by atoms with E-state index in [1.165, 1.54) is 6.21 Å². The van der Waals surface area contributed by atoms with Gasteiger partial charge >= 0.3 is 5.97 Å². The Labute approximate surface area is 261 Å². The molecule has 4 aromatic carbocycles. The molecule has 1 aliphatic heterocycles. The Hall–Kier alpha value is -5.33. The highest BCUT2D eigenvalue weighted by molar-refractivity contribution is 5.74. The van der Waals surface area contributed by atoms with Crippen molar-refractivity contribution in [2.45, 2.75) is 33.1 Å². The molecular formula is C36H34N2O7. The number of hydrogen-bond acceptors (Lipinski definition) is 8. The Morgan fingerprint density at radius 2 is 1.80 bits per heavy atom. The molecule has 1 heterocycles. The van der Waals surface area contributed by atoms with Crippen LogP contribution >= 0.6 is 0 Å². The van der Waals surface area contributed by atoms with Crippen LogP contribution in [-0.4, -0.2) is 42.2 Å². The average molecular weight is 607 g/mol. The van der Waals surface area contributed by atoms with Crippen LogP contribution in [0.5, 0.6) is 23.0 Å². The second kappa shape index (κ2) is 14.9. The number of aliphatic imine (C=N–C) groups is 1. The molecular weight excluding hydrogens is 572 g/mol. The second-order valence-electron chi connectivity index (χ2n) is 10.6. The van der Waals surface area contributed by atoms with Gasteiger partial charge in [-0.3, -0.25) is 9.79 Å². The number of aliphatic hydroxyl groups is 1. The fraction of sp³-hybridized carbons (Fsp3) is 0.250. The van der Waals surface area contributed by atoms with Crippen molar-refractivity contribution >= 4 is 12.2 Å². The summed E-state index contributed by atoms with van der Waals surface area (Å²) in [5.74, 6) is 1.06. The number of ether oxygens (including phenoxy) is 4. The van der Waals surface area contributed by atoms with Gasteiger partial charge in [-0.15, -0.1) is 0 Å². The molecule has 45 heavy (non-hydrogen) atoms. The van der Waals surface area contributed by atoms with Gasteiger partial charge in [-0.05, 0) is 71.1 Å². The monoisotopic (exact) mass is 606 g/mol. The van der Waals surface area contributed by atoms with Gasteiger partial charge < -0.3 is 29.2 Å². The van der Waals surface area contributed by atoms with E-state index in [2.05, 4.69) is 24.1 Å². The third kappa shape index (κ3) is 8.19.